The average molecular weight is 420 g/mol. The van der Waals surface area contributed by atoms with Crippen molar-refractivity contribution in [3.63, 3.8) is 0 Å². The van der Waals surface area contributed by atoms with E-state index in [0.717, 1.165) is 16.5 Å². The van der Waals surface area contributed by atoms with Gasteiger partial charge < -0.3 is 10.1 Å². The number of thioether (sulfide) groups is 1. The van der Waals surface area contributed by atoms with Gasteiger partial charge in [0, 0.05) is 12.8 Å². The Morgan fingerprint density at radius 1 is 1.07 bits per heavy atom. The maximum Gasteiger partial charge on any atom is 0.262 e. The van der Waals surface area contributed by atoms with Crippen LogP contribution in [-0.2, 0) is 16.1 Å². The summed E-state index contributed by atoms with van der Waals surface area (Å²) in [6.07, 6.45) is 0. The second-order valence-corrected chi connectivity index (χ2v) is 7.70. The molecule has 152 valence electrons. The third kappa shape index (κ3) is 4.37. The van der Waals surface area contributed by atoms with E-state index in [9.17, 15) is 9.59 Å². The number of hydrogen-bond donors (Lipinski definition) is 1. The Kier molecular flexibility index (Phi) is 6.11. The number of para-hydroxylation sites is 1. The molecule has 1 N–H and O–H groups in total. The summed E-state index contributed by atoms with van der Waals surface area (Å²) in [6.45, 7) is 0.762. The Bertz CT molecular complexity index is 1270. The fourth-order valence-electron chi connectivity index (χ4n) is 3.23. The van der Waals surface area contributed by atoms with Crippen molar-refractivity contribution >= 4 is 45.0 Å². The monoisotopic (exact) mass is 419 g/mol. The number of nitrogens with one attached hydrogen (secondary N) is 1. The first kappa shape index (κ1) is 20.1. The van der Waals surface area contributed by atoms with Crippen LogP contribution in [0.3, 0.4) is 0 Å². The zero-order valence-electron chi connectivity index (χ0n) is 16.5. The van der Waals surface area contributed by atoms with Crippen molar-refractivity contribution in [2.75, 3.05) is 24.8 Å². The molecule has 6 nitrogen and oxygen atoms in total. The van der Waals surface area contributed by atoms with Gasteiger partial charge in [0.1, 0.15) is 0 Å². The van der Waals surface area contributed by atoms with Gasteiger partial charge in [0.15, 0.2) is 5.16 Å². The Morgan fingerprint density at radius 2 is 1.83 bits per heavy atom. The predicted molar refractivity (Wildman–Crippen MR) is 121 cm³/mol. The molecule has 7 heteroatoms. The number of amides is 1. The van der Waals surface area contributed by atoms with Crippen LogP contribution >= 0.6 is 11.8 Å². The lowest BCUT2D eigenvalue weighted by Crippen LogP contribution is -2.26. The molecule has 0 fully saturated rings. The van der Waals surface area contributed by atoms with Crippen molar-refractivity contribution in [3.8, 4) is 0 Å². The zero-order valence-corrected chi connectivity index (χ0v) is 17.3. The zero-order chi connectivity index (χ0) is 20.9. The lowest BCUT2D eigenvalue weighted by atomic mass is 10.1. The van der Waals surface area contributed by atoms with Gasteiger partial charge in [0.2, 0.25) is 5.91 Å². The number of carbonyl (C=O) groups excluding carboxylic acids is 1. The molecule has 0 saturated heterocycles. The van der Waals surface area contributed by atoms with Gasteiger partial charge in [-0.05, 0) is 35.0 Å². The molecule has 0 spiro atoms. The lowest BCUT2D eigenvalue weighted by molar-refractivity contribution is -0.113. The van der Waals surface area contributed by atoms with Crippen molar-refractivity contribution in [2.24, 2.45) is 0 Å². The van der Waals surface area contributed by atoms with Crippen LogP contribution in [0.2, 0.25) is 0 Å². The van der Waals surface area contributed by atoms with Crippen LogP contribution in [0.25, 0.3) is 21.7 Å². The van der Waals surface area contributed by atoms with Crippen molar-refractivity contribution < 1.29 is 9.53 Å². The Hall–Kier alpha value is -3.16. The molecule has 30 heavy (non-hydrogen) atoms. The van der Waals surface area contributed by atoms with Crippen LogP contribution in [0.5, 0.6) is 0 Å². The fraction of sp³-hybridized carbons (Fsp3) is 0.174. The van der Waals surface area contributed by atoms with Crippen LogP contribution in [0, 0.1) is 0 Å². The number of rotatable bonds is 7. The fourth-order valence-corrected chi connectivity index (χ4v) is 4.06. The molecule has 0 aliphatic heterocycles. The highest BCUT2D eigenvalue weighted by Gasteiger charge is 2.13. The summed E-state index contributed by atoms with van der Waals surface area (Å²) in [5.41, 5.74) is 1.23. The number of aromatic nitrogens is 2. The summed E-state index contributed by atoms with van der Waals surface area (Å²) in [6, 6.07) is 21.0. The van der Waals surface area contributed by atoms with Gasteiger partial charge in [-0.3, -0.25) is 14.2 Å². The molecule has 0 unspecified atom stereocenters. The molecule has 0 aliphatic rings. The largest absolute Gasteiger partial charge is 0.383 e. The topological polar surface area (TPSA) is 73.2 Å². The van der Waals surface area contributed by atoms with E-state index in [-0.39, 0.29) is 17.2 Å². The molecule has 0 atom stereocenters. The first-order valence-corrected chi connectivity index (χ1v) is 10.5. The number of benzene rings is 3. The molecule has 0 aliphatic carbocycles. The van der Waals surface area contributed by atoms with Crippen molar-refractivity contribution in [2.45, 2.75) is 11.7 Å². The minimum atomic E-state index is -0.156. The Morgan fingerprint density at radius 3 is 2.67 bits per heavy atom. The van der Waals surface area contributed by atoms with Crippen LogP contribution in [0.1, 0.15) is 0 Å². The van der Waals surface area contributed by atoms with E-state index in [4.69, 9.17) is 4.74 Å². The summed E-state index contributed by atoms with van der Waals surface area (Å²) in [7, 11) is 1.59. The van der Waals surface area contributed by atoms with E-state index in [0.29, 0.717) is 29.2 Å². The predicted octanol–water partition coefficient (Wildman–Crippen LogP) is 3.93. The molecule has 1 amide bonds. The van der Waals surface area contributed by atoms with E-state index in [2.05, 4.69) is 10.3 Å². The van der Waals surface area contributed by atoms with Gasteiger partial charge in [-0.2, -0.15) is 0 Å². The summed E-state index contributed by atoms with van der Waals surface area (Å²) in [5.74, 6) is -0.0131. The molecule has 3 aromatic carbocycles. The van der Waals surface area contributed by atoms with Crippen molar-refractivity contribution in [3.05, 3.63) is 77.1 Å². The Balaban J connectivity index is 1.52. The molecular formula is C23H21N3O3S. The van der Waals surface area contributed by atoms with E-state index in [1.165, 1.54) is 11.8 Å². The second-order valence-electron chi connectivity index (χ2n) is 6.76. The van der Waals surface area contributed by atoms with Crippen LogP contribution in [0.15, 0.2) is 76.7 Å². The third-order valence-corrected chi connectivity index (χ3v) is 5.69. The SMILES string of the molecule is COCCn1c(SCC(=O)Nc2ccc3ccccc3c2)nc2ccccc2c1=O. The standard InChI is InChI=1S/C23H21N3O3S/c1-29-13-12-26-22(28)19-8-4-5-9-20(19)25-23(26)30-15-21(27)24-18-11-10-16-6-2-3-7-17(16)14-18/h2-11,14H,12-13,15H2,1H3,(H,24,27). The Labute approximate surface area is 177 Å². The van der Waals surface area contributed by atoms with Gasteiger partial charge in [-0.25, -0.2) is 4.98 Å². The van der Waals surface area contributed by atoms with Gasteiger partial charge in [-0.15, -0.1) is 0 Å². The van der Waals surface area contributed by atoms with E-state index >= 15 is 0 Å². The molecule has 4 aromatic rings. The molecular weight excluding hydrogens is 398 g/mol. The smallest absolute Gasteiger partial charge is 0.262 e. The molecule has 1 heterocycles. The number of nitrogens with zero attached hydrogens (tertiary/aromatic N) is 2. The number of hydrogen-bond acceptors (Lipinski definition) is 5. The van der Waals surface area contributed by atoms with Crippen molar-refractivity contribution in [1.29, 1.82) is 0 Å². The van der Waals surface area contributed by atoms with E-state index in [1.807, 2.05) is 54.6 Å². The normalized spacial score (nSPS) is 11.1. The number of ether oxygens (including phenoxy) is 1. The molecule has 0 saturated carbocycles. The van der Waals surface area contributed by atoms with Gasteiger partial charge in [0.25, 0.3) is 5.56 Å². The second kappa shape index (κ2) is 9.11. The maximum absolute atomic E-state index is 12.9. The highest BCUT2D eigenvalue weighted by Crippen LogP contribution is 2.21. The minimum Gasteiger partial charge on any atom is -0.383 e. The summed E-state index contributed by atoms with van der Waals surface area (Å²) < 4.78 is 6.70. The summed E-state index contributed by atoms with van der Waals surface area (Å²) in [5, 5.41) is 6.16. The van der Waals surface area contributed by atoms with E-state index in [1.54, 1.807) is 23.8 Å². The lowest BCUT2D eigenvalue weighted by Gasteiger charge is -2.13. The molecule has 0 bridgehead atoms. The molecule has 4 rings (SSSR count). The summed E-state index contributed by atoms with van der Waals surface area (Å²) in [4.78, 5) is 30.0. The van der Waals surface area contributed by atoms with Crippen LogP contribution in [0.4, 0.5) is 5.69 Å². The molecule has 0 radical (unpaired) electrons. The van der Waals surface area contributed by atoms with Gasteiger partial charge in [-0.1, -0.05) is 54.2 Å². The van der Waals surface area contributed by atoms with Crippen LogP contribution < -0.4 is 10.9 Å². The average Bonchev–Trinajstić information content (AvgIpc) is 2.77. The first-order chi connectivity index (χ1) is 14.7. The van der Waals surface area contributed by atoms with Crippen LogP contribution in [-0.4, -0.2) is 34.9 Å². The number of anilines is 1. The number of methoxy groups -OCH3 is 1. The number of fused-ring (bicyclic) bond motifs is 2. The van der Waals surface area contributed by atoms with Crippen molar-refractivity contribution in [1.82, 2.24) is 9.55 Å². The highest BCUT2D eigenvalue weighted by atomic mass is 32.2. The quantitative estimate of drug-likeness (QED) is 0.363. The van der Waals surface area contributed by atoms with Gasteiger partial charge in [0.05, 0.1) is 29.8 Å². The van der Waals surface area contributed by atoms with E-state index < -0.39 is 0 Å². The summed E-state index contributed by atoms with van der Waals surface area (Å²) >= 11 is 1.24. The van der Waals surface area contributed by atoms with Gasteiger partial charge >= 0.3 is 0 Å². The number of carbonyl (C=O) groups is 1. The minimum absolute atomic E-state index is 0.130. The molecule has 1 aromatic heterocycles. The highest BCUT2D eigenvalue weighted by molar-refractivity contribution is 7.99. The first-order valence-electron chi connectivity index (χ1n) is 9.55. The third-order valence-electron chi connectivity index (χ3n) is 4.71. The maximum atomic E-state index is 12.9.